The average Bonchev–Trinajstić information content (AvgIpc) is 3.42. The maximum Gasteiger partial charge on any atom is 0.253 e. The number of benzene rings is 1. The third-order valence-electron chi connectivity index (χ3n) is 4.62. The van der Waals surface area contributed by atoms with Gasteiger partial charge in [0, 0.05) is 36.0 Å². The molecule has 0 saturated carbocycles. The molecule has 0 atom stereocenters. The highest BCUT2D eigenvalue weighted by Gasteiger charge is 2.12. The van der Waals surface area contributed by atoms with Gasteiger partial charge in [-0.1, -0.05) is 18.2 Å². The summed E-state index contributed by atoms with van der Waals surface area (Å²) >= 11 is 0. The molecule has 4 aromatic rings. The maximum absolute atomic E-state index is 12.5. The Balaban J connectivity index is 1.33. The van der Waals surface area contributed by atoms with Crippen molar-refractivity contribution < 1.29 is 14.0 Å². The number of hydrogen-bond donors (Lipinski definition) is 3. The van der Waals surface area contributed by atoms with Crippen LogP contribution in [0.4, 0.5) is 0 Å². The van der Waals surface area contributed by atoms with Crippen LogP contribution < -0.4 is 10.6 Å². The van der Waals surface area contributed by atoms with Crippen molar-refractivity contribution in [3.63, 3.8) is 0 Å². The summed E-state index contributed by atoms with van der Waals surface area (Å²) in [5.41, 5.74) is 2.88. The van der Waals surface area contributed by atoms with E-state index in [0.717, 1.165) is 16.5 Å². The van der Waals surface area contributed by atoms with E-state index >= 15 is 0 Å². The summed E-state index contributed by atoms with van der Waals surface area (Å²) < 4.78 is 5.19. The molecule has 3 aromatic heterocycles. The number of furan rings is 1. The number of aromatic nitrogens is 2. The van der Waals surface area contributed by atoms with Gasteiger partial charge < -0.3 is 20.0 Å². The molecule has 146 valence electrons. The molecule has 2 amide bonds. The second-order valence-electron chi connectivity index (χ2n) is 6.59. The molecule has 0 saturated heterocycles. The first-order chi connectivity index (χ1) is 14.2. The van der Waals surface area contributed by atoms with E-state index in [1.807, 2.05) is 24.4 Å². The number of hydrogen-bond acceptors (Lipinski definition) is 4. The van der Waals surface area contributed by atoms with Crippen LogP contribution >= 0.6 is 0 Å². The molecule has 0 unspecified atom stereocenters. The van der Waals surface area contributed by atoms with Crippen molar-refractivity contribution in [3.05, 3.63) is 89.8 Å². The fourth-order valence-corrected chi connectivity index (χ4v) is 3.12. The lowest BCUT2D eigenvalue weighted by molar-refractivity contribution is 0.0947. The van der Waals surface area contributed by atoms with Gasteiger partial charge in [-0.3, -0.25) is 14.6 Å². The Morgan fingerprint density at radius 2 is 1.79 bits per heavy atom. The van der Waals surface area contributed by atoms with Gasteiger partial charge in [0.1, 0.15) is 5.76 Å². The Morgan fingerprint density at radius 1 is 1.00 bits per heavy atom. The first kappa shape index (κ1) is 18.5. The van der Waals surface area contributed by atoms with Gasteiger partial charge in [0.15, 0.2) is 0 Å². The molecular weight excluding hydrogens is 368 g/mol. The fraction of sp³-hybridized carbons (Fsp3) is 0.136. The molecule has 0 aliphatic heterocycles. The monoisotopic (exact) mass is 388 g/mol. The zero-order chi connectivity index (χ0) is 20.1. The van der Waals surface area contributed by atoms with Crippen molar-refractivity contribution >= 4 is 22.7 Å². The molecule has 3 N–H and O–H groups in total. The highest BCUT2D eigenvalue weighted by atomic mass is 16.3. The van der Waals surface area contributed by atoms with Crippen LogP contribution in [0.2, 0.25) is 0 Å². The summed E-state index contributed by atoms with van der Waals surface area (Å²) in [4.78, 5) is 32.0. The summed E-state index contributed by atoms with van der Waals surface area (Å²) in [6.07, 6.45) is 7.09. The van der Waals surface area contributed by atoms with Crippen LogP contribution in [0.25, 0.3) is 10.9 Å². The number of aromatic amines is 1. The Labute approximate surface area is 167 Å². The lowest BCUT2D eigenvalue weighted by Crippen LogP contribution is -2.27. The van der Waals surface area contributed by atoms with Gasteiger partial charge >= 0.3 is 0 Å². The Hall–Kier alpha value is -3.87. The molecule has 0 spiro atoms. The van der Waals surface area contributed by atoms with Crippen LogP contribution in [0.3, 0.4) is 0 Å². The molecule has 0 aliphatic carbocycles. The lowest BCUT2D eigenvalue weighted by atomic mass is 10.1. The predicted octanol–water partition coefficient (Wildman–Crippen LogP) is 3.06. The highest BCUT2D eigenvalue weighted by Crippen LogP contribution is 2.17. The second-order valence-corrected chi connectivity index (χ2v) is 6.59. The van der Waals surface area contributed by atoms with Crippen molar-refractivity contribution in [3.8, 4) is 0 Å². The average molecular weight is 388 g/mol. The molecular formula is C22H20N4O3. The second kappa shape index (κ2) is 8.43. The molecule has 0 radical (unpaired) electrons. The number of rotatable bonds is 7. The van der Waals surface area contributed by atoms with Crippen LogP contribution in [0, 0.1) is 0 Å². The summed E-state index contributed by atoms with van der Waals surface area (Å²) in [6, 6.07) is 13.1. The summed E-state index contributed by atoms with van der Waals surface area (Å²) in [5, 5.41) is 6.77. The summed E-state index contributed by atoms with van der Waals surface area (Å²) in [6.45, 7) is 0.752. The fourth-order valence-electron chi connectivity index (χ4n) is 3.12. The van der Waals surface area contributed by atoms with Gasteiger partial charge in [0.25, 0.3) is 11.8 Å². The van der Waals surface area contributed by atoms with Gasteiger partial charge in [0.2, 0.25) is 0 Å². The molecule has 1 aromatic carbocycles. The number of para-hydroxylation sites is 1. The van der Waals surface area contributed by atoms with Crippen LogP contribution in [0.5, 0.6) is 0 Å². The third kappa shape index (κ3) is 4.35. The van der Waals surface area contributed by atoms with E-state index < -0.39 is 0 Å². The van der Waals surface area contributed by atoms with Crippen molar-refractivity contribution in [2.75, 3.05) is 6.54 Å². The number of nitrogens with zero attached hydrogens (tertiary/aromatic N) is 1. The number of H-pyrrole nitrogens is 1. The number of amides is 2. The zero-order valence-corrected chi connectivity index (χ0v) is 15.6. The molecule has 7 heteroatoms. The molecule has 0 fully saturated rings. The van der Waals surface area contributed by atoms with Gasteiger partial charge in [-0.2, -0.15) is 0 Å². The predicted molar refractivity (Wildman–Crippen MR) is 108 cm³/mol. The van der Waals surface area contributed by atoms with E-state index in [0.29, 0.717) is 29.9 Å². The van der Waals surface area contributed by atoms with E-state index in [-0.39, 0.29) is 18.4 Å². The highest BCUT2D eigenvalue weighted by molar-refractivity contribution is 5.99. The smallest absolute Gasteiger partial charge is 0.253 e. The summed E-state index contributed by atoms with van der Waals surface area (Å²) in [7, 11) is 0. The zero-order valence-electron chi connectivity index (χ0n) is 15.6. The number of fused-ring (bicyclic) bond motifs is 1. The first-order valence-corrected chi connectivity index (χ1v) is 9.29. The Bertz CT molecular complexity index is 1130. The molecule has 7 nitrogen and oxygen atoms in total. The maximum atomic E-state index is 12.5. The Morgan fingerprint density at radius 3 is 2.59 bits per heavy atom. The van der Waals surface area contributed by atoms with E-state index in [4.69, 9.17) is 4.42 Å². The molecule has 0 aliphatic rings. The normalized spacial score (nSPS) is 10.8. The Kier molecular flexibility index (Phi) is 5.38. The number of carbonyl (C=O) groups is 2. The first-order valence-electron chi connectivity index (χ1n) is 9.29. The minimum absolute atomic E-state index is 0.266. The number of carbonyl (C=O) groups excluding carboxylic acids is 2. The van der Waals surface area contributed by atoms with Crippen molar-refractivity contribution in [2.24, 2.45) is 0 Å². The van der Waals surface area contributed by atoms with Crippen molar-refractivity contribution in [1.82, 2.24) is 20.6 Å². The van der Waals surface area contributed by atoms with Crippen LogP contribution in [-0.4, -0.2) is 28.3 Å². The van der Waals surface area contributed by atoms with Crippen LogP contribution in [-0.2, 0) is 13.0 Å². The van der Waals surface area contributed by atoms with Gasteiger partial charge in [-0.25, -0.2) is 0 Å². The van der Waals surface area contributed by atoms with Crippen molar-refractivity contribution in [2.45, 2.75) is 13.0 Å². The number of pyridine rings is 1. The molecule has 3 heterocycles. The lowest BCUT2D eigenvalue weighted by Gasteiger charge is -2.07. The quantitative estimate of drug-likeness (QED) is 0.453. The van der Waals surface area contributed by atoms with E-state index in [1.54, 1.807) is 18.4 Å². The van der Waals surface area contributed by atoms with Crippen molar-refractivity contribution in [1.29, 1.82) is 0 Å². The summed E-state index contributed by atoms with van der Waals surface area (Å²) in [5.74, 6) is 0.0675. The molecule has 0 bridgehead atoms. The van der Waals surface area contributed by atoms with Gasteiger partial charge in [-0.15, -0.1) is 0 Å². The minimum atomic E-state index is -0.317. The topological polar surface area (TPSA) is 100 Å². The van der Waals surface area contributed by atoms with Crippen LogP contribution in [0.1, 0.15) is 32.0 Å². The molecule has 29 heavy (non-hydrogen) atoms. The number of nitrogens with one attached hydrogen (secondary N) is 3. The van der Waals surface area contributed by atoms with E-state index in [2.05, 4.69) is 26.7 Å². The SMILES string of the molecule is O=C(NCCc1c[nH]c2ccccc12)c1cncc(C(=O)NCc2ccco2)c1. The molecule has 4 rings (SSSR count). The van der Waals surface area contributed by atoms with Crippen LogP contribution in [0.15, 0.2) is 71.7 Å². The van der Waals surface area contributed by atoms with E-state index in [1.165, 1.54) is 18.5 Å². The standard InChI is InChI=1S/C22H20N4O3/c27-21(24-8-7-15-13-25-20-6-2-1-5-19(15)20)16-10-17(12-23-11-16)22(28)26-14-18-4-3-9-29-18/h1-6,9-13,25H,7-8,14H2,(H,24,27)(H,26,28). The van der Waals surface area contributed by atoms with E-state index in [9.17, 15) is 9.59 Å². The largest absolute Gasteiger partial charge is 0.467 e. The minimum Gasteiger partial charge on any atom is -0.467 e. The van der Waals surface area contributed by atoms with Gasteiger partial charge in [-0.05, 0) is 36.2 Å². The van der Waals surface area contributed by atoms with Gasteiger partial charge in [0.05, 0.1) is 23.9 Å². The third-order valence-corrected chi connectivity index (χ3v) is 4.62.